The van der Waals surface area contributed by atoms with Crippen LogP contribution in [0.25, 0.3) is 0 Å². The zero-order chi connectivity index (χ0) is 13.1. The van der Waals surface area contributed by atoms with Crippen LogP contribution < -0.4 is 5.32 Å². The lowest BCUT2D eigenvalue weighted by Crippen LogP contribution is -1.98. The Bertz CT molecular complexity index is 554. The molecule has 0 fully saturated rings. The van der Waals surface area contributed by atoms with E-state index in [2.05, 4.69) is 17.2 Å². The van der Waals surface area contributed by atoms with E-state index in [4.69, 9.17) is 34.8 Å². The predicted molar refractivity (Wildman–Crippen MR) is 80.3 cm³/mol. The molecule has 1 aromatic carbocycles. The molecule has 1 N–H and O–H groups in total. The highest BCUT2D eigenvalue weighted by molar-refractivity contribution is 7.11. The lowest BCUT2D eigenvalue weighted by Gasteiger charge is -2.08. The first-order valence-corrected chi connectivity index (χ1v) is 7.37. The smallest absolute Gasteiger partial charge is 0.0925 e. The fourth-order valence-corrected chi connectivity index (χ4v) is 2.85. The molecule has 0 aliphatic heterocycles. The number of rotatable bonds is 4. The summed E-state index contributed by atoms with van der Waals surface area (Å²) in [6, 6.07) is 3.37. The average Bonchev–Trinajstić information content (AvgIpc) is 2.80. The Hall–Kier alpha value is -0.480. The molecule has 2 aromatic rings. The Morgan fingerprint density at radius 2 is 1.89 bits per heavy atom. The highest BCUT2D eigenvalue weighted by Crippen LogP contribution is 2.32. The van der Waals surface area contributed by atoms with E-state index in [9.17, 15) is 0 Å². The number of halogens is 3. The molecule has 2 rings (SSSR count). The number of benzene rings is 1. The van der Waals surface area contributed by atoms with Crippen molar-refractivity contribution < 1.29 is 0 Å². The van der Waals surface area contributed by atoms with Crippen LogP contribution in [0.2, 0.25) is 15.1 Å². The second-order valence-corrected chi connectivity index (χ2v) is 6.09. The van der Waals surface area contributed by atoms with Crippen LogP contribution in [0.15, 0.2) is 18.3 Å². The van der Waals surface area contributed by atoms with Crippen LogP contribution in [0.5, 0.6) is 0 Å². The second kappa shape index (κ2) is 6.11. The Morgan fingerprint density at radius 3 is 2.56 bits per heavy atom. The second-order valence-electron chi connectivity index (χ2n) is 3.67. The topological polar surface area (TPSA) is 24.9 Å². The van der Waals surface area contributed by atoms with E-state index in [1.807, 2.05) is 6.20 Å². The number of aryl methyl sites for hydroxylation is 1. The van der Waals surface area contributed by atoms with E-state index in [1.54, 1.807) is 23.5 Å². The number of anilines is 1. The highest BCUT2D eigenvalue weighted by atomic mass is 35.5. The first-order valence-electron chi connectivity index (χ1n) is 5.42. The van der Waals surface area contributed by atoms with Crippen LogP contribution in [0.1, 0.15) is 16.8 Å². The molecule has 0 amide bonds. The van der Waals surface area contributed by atoms with Gasteiger partial charge in [0.2, 0.25) is 0 Å². The summed E-state index contributed by atoms with van der Waals surface area (Å²) in [6.45, 7) is 2.77. The van der Waals surface area contributed by atoms with Crippen molar-refractivity contribution >= 4 is 51.8 Å². The maximum atomic E-state index is 6.08. The van der Waals surface area contributed by atoms with Gasteiger partial charge in [-0.2, -0.15) is 0 Å². The summed E-state index contributed by atoms with van der Waals surface area (Å²) in [4.78, 5) is 5.46. The molecule has 1 aromatic heterocycles. The van der Waals surface area contributed by atoms with Gasteiger partial charge in [0.15, 0.2) is 0 Å². The van der Waals surface area contributed by atoms with Crippen molar-refractivity contribution in [3.05, 3.63) is 43.3 Å². The van der Waals surface area contributed by atoms with Crippen LogP contribution in [-0.4, -0.2) is 4.98 Å². The Kier molecular flexibility index (Phi) is 4.73. The SMILES string of the molecule is CCc1ncc(CNc2cc(Cl)c(Cl)cc2Cl)s1. The van der Waals surface area contributed by atoms with Gasteiger partial charge >= 0.3 is 0 Å². The van der Waals surface area contributed by atoms with Gasteiger partial charge in [0, 0.05) is 11.1 Å². The number of hydrogen-bond donors (Lipinski definition) is 1. The van der Waals surface area contributed by atoms with E-state index in [1.165, 1.54) is 0 Å². The van der Waals surface area contributed by atoms with Crippen molar-refractivity contribution in [3.8, 4) is 0 Å². The molecule has 96 valence electrons. The van der Waals surface area contributed by atoms with Gasteiger partial charge in [-0.3, -0.25) is 0 Å². The number of nitrogens with one attached hydrogen (secondary N) is 1. The quantitative estimate of drug-likeness (QED) is 0.775. The van der Waals surface area contributed by atoms with Gasteiger partial charge in [-0.15, -0.1) is 11.3 Å². The molecule has 0 saturated carbocycles. The molecule has 6 heteroatoms. The first-order chi connectivity index (χ1) is 8.60. The molecule has 0 atom stereocenters. The Morgan fingerprint density at radius 1 is 1.17 bits per heavy atom. The van der Waals surface area contributed by atoms with Crippen molar-refractivity contribution in [1.82, 2.24) is 4.98 Å². The minimum Gasteiger partial charge on any atom is -0.379 e. The van der Waals surface area contributed by atoms with Gasteiger partial charge in [-0.1, -0.05) is 41.7 Å². The third kappa shape index (κ3) is 3.29. The molecule has 0 unspecified atom stereocenters. The van der Waals surface area contributed by atoms with Crippen molar-refractivity contribution in [1.29, 1.82) is 0 Å². The standard InChI is InChI=1S/C12H11Cl3N2S/c1-2-12-17-6-7(18-12)5-16-11-4-9(14)8(13)3-10(11)15/h3-4,6,16H,2,5H2,1H3. The molecule has 0 aliphatic carbocycles. The summed E-state index contributed by atoms with van der Waals surface area (Å²) in [5.41, 5.74) is 0.775. The van der Waals surface area contributed by atoms with Gasteiger partial charge in [0.05, 0.1) is 32.3 Å². The lowest BCUT2D eigenvalue weighted by atomic mass is 10.3. The van der Waals surface area contributed by atoms with E-state index in [0.29, 0.717) is 21.6 Å². The summed E-state index contributed by atoms with van der Waals surface area (Å²) in [5.74, 6) is 0. The molecule has 2 nitrogen and oxygen atoms in total. The van der Waals surface area contributed by atoms with Crippen molar-refractivity contribution in [2.45, 2.75) is 19.9 Å². The molecule has 1 heterocycles. The number of hydrogen-bond acceptors (Lipinski definition) is 3. The van der Waals surface area contributed by atoms with Gasteiger partial charge in [-0.05, 0) is 18.6 Å². The first kappa shape index (κ1) is 13.9. The van der Waals surface area contributed by atoms with Gasteiger partial charge in [-0.25, -0.2) is 4.98 Å². The summed E-state index contributed by atoms with van der Waals surface area (Å²) in [6.07, 6.45) is 2.83. The van der Waals surface area contributed by atoms with Gasteiger partial charge in [0.25, 0.3) is 0 Å². The van der Waals surface area contributed by atoms with Crippen LogP contribution in [0.4, 0.5) is 5.69 Å². The molecule has 0 aliphatic rings. The molecule has 0 saturated heterocycles. The monoisotopic (exact) mass is 320 g/mol. The number of thiazole rings is 1. The van der Waals surface area contributed by atoms with Crippen LogP contribution in [0, 0.1) is 0 Å². The minimum atomic E-state index is 0.457. The maximum absolute atomic E-state index is 6.08. The van der Waals surface area contributed by atoms with E-state index < -0.39 is 0 Å². The fraction of sp³-hybridized carbons (Fsp3) is 0.250. The average molecular weight is 322 g/mol. The number of aromatic nitrogens is 1. The van der Waals surface area contributed by atoms with E-state index in [0.717, 1.165) is 22.0 Å². The van der Waals surface area contributed by atoms with Gasteiger partial charge < -0.3 is 5.32 Å². The maximum Gasteiger partial charge on any atom is 0.0925 e. The third-order valence-electron chi connectivity index (χ3n) is 2.37. The van der Waals surface area contributed by atoms with Crippen molar-refractivity contribution in [2.75, 3.05) is 5.32 Å². The third-order valence-corrected chi connectivity index (χ3v) is 4.54. The Labute approximate surface area is 125 Å². The summed E-state index contributed by atoms with van der Waals surface area (Å²) in [7, 11) is 0. The van der Waals surface area contributed by atoms with Crippen LogP contribution in [-0.2, 0) is 13.0 Å². The zero-order valence-corrected chi connectivity index (χ0v) is 12.7. The molecule has 18 heavy (non-hydrogen) atoms. The molecule has 0 radical (unpaired) electrons. The van der Waals surface area contributed by atoms with E-state index >= 15 is 0 Å². The lowest BCUT2D eigenvalue weighted by molar-refractivity contribution is 1.09. The van der Waals surface area contributed by atoms with Crippen molar-refractivity contribution in [2.24, 2.45) is 0 Å². The van der Waals surface area contributed by atoms with Crippen LogP contribution >= 0.6 is 46.1 Å². The molecule has 0 bridgehead atoms. The predicted octanol–water partition coefficient (Wildman–Crippen LogP) is 5.28. The molecule has 0 spiro atoms. The van der Waals surface area contributed by atoms with Gasteiger partial charge in [0.1, 0.15) is 0 Å². The van der Waals surface area contributed by atoms with Crippen molar-refractivity contribution in [3.63, 3.8) is 0 Å². The minimum absolute atomic E-state index is 0.457. The highest BCUT2D eigenvalue weighted by Gasteiger charge is 2.06. The molecular formula is C12H11Cl3N2S. The zero-order valence-electron chi connectivity index (χ0n) is 9.64. The van der Waals surface area contributed by atoms with Crippen LogP contribution in [0.3, 0.4) is 0 Å². The normalized spacial score (nSPS) is 10.7. The summed E-state index contributed by atoms with van der Waals surface area (Å²) >= 11 is 19.6. The summed E-state index contributed by atoms with van der Waals surface area (Å²) in [5, 5.41) is 5.87. The molecular weight excluding hydrogens is 311 g/mol. The largest absolute Gasteiger partial charge is 0.379 e. The number of nitrogens with zero attached hydrogens (tertiary/aromatic N) is 1. The summed E-state index contributed by atoms with van der Waals surface area (Å²) < 4.78 is 0. The Balaban J connectivity index is 2.08. The van der Waals surface area contributed by atoms with E-state index in [-0.39, 0.29) is 0 Å². The fourth-order valence-electron chi connectivity index (χ4n) is 1.43.